The number of imidazole rings is 1. The largest absolute Gasteiger partial charge is 0.382 e. The predicted octanol–water partition coefficient (Wildman–Crippen LogP) is 0.664. The van der Waals surface area contributed by atoms with Gasteiger partial charge in [0.1, 0.15) is 5.69 Å². The number of hydrogen-bond donors (Lipinski definition) is 3. The predicted molar refractivity (Wildman–Crippen MR) is 52.7 cm³/mol. The zero-order chi connectivity index (χ0) is 9.97. The maximum atomic E-state index is 11.6. The SMILES string of the molecule is Nc1nc[nH]c1C(=O)NC1CCCC1. The number of amides is 1. The second-order valence-electron chi connectivity index (χ2n) is 3.62. The van der Waals surface area contributed by atoms with Crippen molar-refractivity contribution in [1.29, 1.82) is 0 Å². The summed E-state index contributed by atoms with van der Waals surface area (Å²) in [6.07, 6.45) is 5.96. The Morgan fingerprint density at radius 3 is 2.86 bits per heavy atom. The molecule has 1 heterocycles. The van der Waals surface area contributed by atoms with Gasteiger partial charge < -0.3 is 16.0 Å². The smallest absolute Gasteiger partial charge is 0.271 e. The molecule has 0 spiro atoms. The molecular weight excluding hydrogens is 180 g/mol. The van der Waals surface area contributed by atoms with Crippen LogP contribution < -0.4 is 11.1 Å². The molecule has 14 heavy (non-hydrogen) atoms. The first kappa shape index (κ1) is 9.05. The highest BCUT2D eigenvalue weighted by atomic mass is 16.2. The van der Waals surface area contributed by atoms with E-state index in [-0.39, 0.29) is 11.7 Å². The van der Waals surface area contributed by atoms with Crippen molar-refractivity contribution in [3.63, 3.8) is 0 Å². The highest BCUT2D eigenvalue weighted by Crippen LogP contribution is 2.18. The topological polar surface area (TPSA) is 83.8 Å². The second-order valence-corrected chi connectivity index (χ2v) is 3.62. The number of H-pyrrole nitrogens is 1. The van der Waals surface area contributed by atoms with Gasteiger partial charge in [0.15, 0.2) is 5.82 Å². The number of nitrogens with one attached hydrogen (secondary N) is 2. The second kappa shape index (κ2) is 3.69. The summed E-state index contributed by atoms with van der Waals surface area (Å²) in [5.41, 5.74) is 5.88. The van der Waals surface area contributed by atoms with E-state index in [2.05, 4.69) is 15.3 Å². The van der Waals surface area contributed by atoms with Crippen LogP contribution in [0.15, 0.2) is 6.33 Å². The summed E-state index contributed by atoms with van der Waals surface area (Å²) < 4.78 is 0. The number of hydrogen-bond acceptors (Lipinski definition) is 3. The Hall–Kier alpha value is -1.52. The van der Waals surface area contributed by atoms with Crippen molar-refractivity contribution < 1.29 is 4.79 Å². The van der Waals surface area contributed by atoms with Crippen molar-refractivity contribution in [2.75, 3.05) is 5.73 Å². The van der Waals surface area contributed by atoms with Gasteiger partial charge in [-0.05, 0) is 12.8 Å². The molecule has 1 amide bonds. The number of rotatable bonds is 2. The third kappa shape index (κ3) is 1.71. The molecule has 4 N–H and O–H groups in total. The molecule has 1 fully saturated rings. The molecule has 0 bridgehead atoms. The van der Waals surface area contributed by atoms with Crippen molar-refractivity contribution in [1.82, 2.24) is 15.3 Å². The Kier molecular flexibility index (Phi) is 2.39. The van der Waals surface area contributed by atoms with Crippen molar-refractivity contribution in [3.05, 3.63) is 12.0 Å². The zero-order valence-corrected chi connectivity index (χ0v) is 7.92. The van der Waals surface area contributed by atoms with E-state index in [1.165, 1.54) is 19.2 Å². The van der Waals surface area contributed by atoms with E-state index in [0.29, 0.717) is 11.7 Å². The van der Waals surface area contributed by atoms with Gasteiger partial charge in [-0.1, -0.05) is 12.8 Å². The lowest BCUT2D eigenvalue weighted by Crippen LogP contribution is -2.33. The van der Waals surface area contributed by atoms with E-state index in [1.807, 2.05) is 0 Å². The molecule has 1 aromatic rings. The Morgan fingerprint density at radius 2 is 2.29 bits per heavy atom. The first-order valence-corrected chi connectivity index (χ1v) is 4.87. The maximum Gasteiger partial charge on any atom is 0.271 e. The Morgan fingerprint density at radius 1 is 1.57 bits per heavy atom. The zero-order valence-electron chi connectivity index (χ0n) is 7.92. The van der Waals surface area contributed by atoms with Gasteiger partial charge in [0.2, 0.25) is 0 Å². The van der Waals surface area contributed by atoms with Crippen LogP contribution in [0.2, 0.25) is 0 Å². The van der Waals surface area contributed by atoms with Gasteiger partial charge in [0.05, 0.1) is 6.33 Å². The minimum Gasteiger partial charge on any atom is -0.382 e. The average Bonchev–Trinajstić information content (AvgIpc) is 2.75. The van der Waals surface area contributed by atoms with Crippen LogP contribution in [0.5, 0.6) is 0 Å². The van der Waals surface area contributed by atoms with E-state index in [0.717, 1.165) is 12.8 Å². The lowest BCUT2D eigenvalue weighted by molar-refractivity contribution is 0.0934. The number of carbonyl (C=O) groups excluding carboxylic acids is 1. The van der Waals surface area contributed by atoms with Gasteiger partial charge >= 0.3 is 0 Å². The third-order valence-electron chi connectivity index (χ3n) is 2.59. The molecule has 0 radical (unpaired) electrons. The van der Waals surface area contributed by atoms with Crippen LogP contribution in [-0.2, 0) is 0 Å². The molecule has 0 aliphatic heterocycles. The summed E-state index contributed by atoms with van der Waals surface area (Å²) in [4.78, 5) is 18.1. The maximum absolute atomic E-state index is 11.6. The molecule has 1 aromatic heterocycles. The Balaban J connectivity index is 1.98. The fraction of sp³-hybridized carbons (Fsp3) is 0.556. The molecule has 5 heteroatoms. The number of nitrogens with zero attached hydrogens (tertiary/aromatic N) is 1. The Bertz CT molecular complexity index is 327. The molecule has 1 saturated carbocycles. The standard InChI is InChI=1S/C9H14N4O/c10-8-7(11-5-12-8)9(14)13-6-3-1-2-4-6/h5-6H,1-4,10H2,(H,11,12)(H,13,14). The van der Waals surface area contributed by atoms with Crippen molar-refractivity contribution in [2.45, 2.75) is 31.7 Å². The quantitative estimate of drug-likeness (QED) is 0.646. The summed E-state index contributed by atoms with van der Waals surface area (Å²) in [5, 5.41) is 2.93. The normalized spacial score (nSPS) is 17.1. The Labute approximate surface area is 82.1 Å². The fourth-order valence-corrected chi connectivity index (χ4v) is 1.81. The molecule has 5 nitrogen and oxygen atoms in total. The first-order valence-electron chi connectivity index (χ1n) is 4.87. The van der Waals surface area contributed by atoms with Crippen LogP contribution >= 0.6 is 0 Å². The molecule has 1 aliphatic rings. The van der Waals surface area contributed by atoms with Crippen LogP contribution in [0.3, 0.4) is 0 Å². The van der Waals surface area contributed by atoms with E-state index < -0.39 is 0 Å². The number of aromatic amines is 1. The van der Waals surface area contributed by atoms with E-state index in [9.17, 15) is 4.79 Å². The molecule has 0 atom stereocenters. The molecule has 0 aromatic carbocycles. The van der Waals surface area contributed by atoms with Crippen LogP contribution in [0.25, 0.3) is 0 Å². The number of nitrogen functional groups attached to an aromatic ring is 1. The van der Waals surface area contributed by atoms with Gasteiger partial charge in [-0.15, -0.1) is 0 Å². The lowest BCUT2D eigenvalue weighted by Gasteiger charge is -2.10. The molecule has 1 aliphatic carbocycles. The first-order chi connectivity index (χ1) is 6.77. The van der Waals surface area contributed by atoms with Gasteiger partial charge in [-0.25, -0.2) is 4.98 Å². The lowest BCUT2D eigenvalue weighted by atomic mass is 10.2. The average molecular weight is 194 g/mol. The van der Waals surface area contributed by atoms with Crippen molar-refractivity contribution in [3.8, 4) is 0 Å². The van der Waals surface area contributed by atoms with E-state index in [1.54, 1.807) is 0 Å². The van der Waals surface area contributed by atoms with Crippen LogP contribution in [-0.4, -0.2) is 21.9 Å². The van der Waals surface area contributed by atoms with E-state index in [4.69, 9.17) is 5.73 Å². The van der Waals surface area contributed by atoms with Crippen molar-refractivity contribution in [2.24, 2.45) is 0 Å². The highest BCUT2D eigenvalue weighted by Gasteiger charge is 2.19. The molecule has 0 saturated heterocycles. The van der Waals surface area contributed by atoms with Crippen LogP contribution in [0.1, 0.15) is 36.2 Å². The van der Waals surface area contributed by atoms with Gasteiger partial charge in [0, 0.05) is 6.04 Å². The fourth-order valence-electron chi connectivity index (χ4n) is 1.81. The molecule has 2 rings (SSSR count). The molecular formula is C9H14N4O. The van der Waals surface area contributed by atoms with Gasteiger partial charge in [-0.2, -0.15) is 0 Å². The minimum absolute atomic E-state index is 0.146. The van der Waals surface area contributed by atoms with Gasteiger partial charge in [0.25, 0.3) is 5.91 Å². The third-order valence-corrected chi connectivity index (χ3v) is 2.59. The summed E-state index contributed by atoms with van der Waals surface area (Å²) in [6.45, 7) is 0. The van der Waals surface area contributed by atoms with Crippen LogP contribution in [0, 0.1) is 0 Å². The monoisotopic (exact) mass is 194 g/mol. The summed E-state index contributed by atoms with van der Waals surface area (Å²) >= 11 is 0. The minimum atomic E-state index is -0.146. The van der Waals surface area contributed by atoms with Gasteiger partial charge in [-0.3, -0.25) is 4.79 Å². The molecule has 0 unspecified atom stereocenters. The summed E-state index contributed by atoms with van der Waals surface area (Å²) in [6, 6.07) is 0.310. The summed E-state index contributed by atoms with van der Waals surface area (Å²) in [7, 11) is 0. The number of nitrogens with two attached hydrogens (primary N) is 1. The van der Waals surface area contributed by atoms with E-state index >= 15 is 0 Å². The van der Waals surface area contributed by atoms with Crippen LogP contribution in [0.4, 0.5) is 5.82 Å². The van der Waals surface area contributed by atoms with Crippen molar-refractivity contribution >= 4 is 11.7 Å². The summed E-state index contributed by atoms with van der Waals surface area (Å²) in [5.74, 6) is 0.118. The highest BCUT2D eigenvalue weighted by molar-refractivity contribution is 5.96. The molecule has 76 valence electrons. The number of anilines is 1. The number of carbonyl (C=O) groups is 1. The number of aromatic nitrogens is 2.